The molecule has 0 bridgehead atoms. The van der Waals surface area contributed by atoms with Crippen molar-refractivity contribution in [3.05, 3.63) is 54.5 Å². The summed E-state index contributed by atoms with van der Waals surface area (Å²) in [5, 5.41) is 3.48. The lowest BCUT2D eigenvalue weighted by molar-refractivity contribution is -0.124. The lowest BCUT2D eigenvalue weighted by atomic mass is 9.88. The number of carbonyl (C=O) groups is 2. The van der Waals surface area contributed by atoms with Gasteiger partial charge in [0.2, 0.25) is 0 Å². The van der Waals surface area contributed by atoms with E-state index in [-0.39, 0.29) is 17.8 Å². The Bertz CT molecular complexity index is 1050. The SMILES string of the molecule is CC(C)Oc1ccc(-c2cnc(NC(=O)C3(C)CCC(=O)c4cccn43)s2)cc1. The van der Waals surface area contributed by atoms with E-state index in [4.69, 9.17) is 4.74 Å². The molecule has 7 heteroatoms. The number of rotatable bonds is 5. The van der Waals surface area contributed by atoms with Crippen molar-refractivity contribution in [2.75, 3.05) is 5.32 Å². The first kappa shape index (κ1) is 19.4. The summed E-state index contributed by atoms with van der Waals surface area (Å²) in [7, 11) is 0. The molecule has 4 rings (SSSR count). The number of thiazole rings is 1. The van der Waals surface area contributed by atoms with Crippen LogP contribution in [0.4, 0.5) is 5.13 Å². The third kappa shape index (κ3) is 3.70. The Morgan fingerprint density at radius 1 is 1.28 bits per heavy atom. The topological polar surface area (TPSA) is 73.2 Å². The molecule has 29 heavy (non-hydrogen) atoms. The van der Waals surface area contributed by atoms with Crippen molar-refractivity contribution in [3.63, 3.8) is 0 Å². The molecule has 1 N–H and O–H groups in total. The molecule has 150 valence electrons. The van der Waals surface area contributed by atoms with Crippen LogP contribution in [0, 0.1) is 0 Å². The van der Waals surface area contributed by atoms with Gasteiger partial charge < -0.3 is 9.30 Å². The van der Waals surface area contributed by atoms with Gasteiger partial charge in [-0.3, -0.25) is 14.9 Å². The zero-order chi connectivity index (χ0) is 20.6. The van der Waals surface area contributed by atoms with Gasteiger partial charge in [0.15, 0.2) is 10.9 Å². The van der Waals surface area contributed by atoms with Crippen LogP contribution in [-0.2, 0) is 10.3 Å². The first-order valence-electron chi connectivity index (χ1n) is 9.62. The summed E-state index contributed by atoms with van der Waals surface area (Å²) in [5.74, 6) is 0.731. The summed E-state index contributed by atoms with van der Waals surface area (Å²) in [4.78, 5) is 30.5. The summed E-state index contributed by atoms with van der Waals surface area (Å²) >= 11 is 1.42. The highest BCUT2D eigenvalue weighted by atomic mass is 32.1. The smallest absolute Gasteiger partial charge is 0.252 e. The average molecular weight is 410 g/mol. The van der Waals surface area contributed by atoms with Crippen LogP contribution in [0.5, 0.6) is 5.75 Å². The number of amides is 1. The number of hydrogen-bond donors (Lipinski definition) is 1. The Kier molecular flexibility index (Phi) is 5.00. The van der Waals surface area contributed by atoms with Crippen LogP contribution in [0.2, 0.25) is 0 Å². The molecule has 0 radical (unpaired) electrons. The standard InChI is InChI=1S/C22H23N3O3S/c1-14(2)28-16-8-6-15(7-9-16)19-13-23-21(29-19)24-20(27)22(3)11-10-18(26)17-5-4-12-25(17)22/h4-9,12-14H,10-11H2,1-3H3,(H,23,24,27). The minimum absolute atomic E-state index is 0.0710. The van der Waals surface area contributed by atoms with Crippen LogP contribution in [0.1, 0.15) is 44.1 Å². The van der Waals surface area contributed by atoms with E-state index in [2.05, 4.69) is 10.3 Å². The molecule has 1 aliphatic rings. The first-order valence-corrected chi connectivity index (χ1v) is 10.4. The number of ketones is 1. The quantitative estimate of drug-likeness (QED) is 0.661. The fourth-order valence-corrected chi connectivity index (χ4v) is 4.35. The van der Waals surface area contributed by atoms with Crippen LogP contribution < -0.4 is 10.1 Å². The van der Waals surface area contributed by atoms with Crippen molar-refractivity contribution in [2.24, 2.45) is 0 Å². The fourth-order valence-electron chi connectivity index (χ4n) is 3.53. The molecule has 6 nitrogen and oxygen atoms in total. The summed E-state index contributed by atoms with van der Waals surface area (Å²) in [6, 6.07) is 11.4. The van der Waals surface area contributed by atoms with E-state index in [0.717, 1.165) is 16.2 Å². The van der Waals surface area contributed by atoms with Crippen molar-refractivity contribution >= 4 is 28.2 Å². The van der Waals surface area contributed by atoms with Crippen LogP contribution >= 0.6 is 11.3 Å². The molecular formula is C22H23N3O3S. The molecule has 0 saturated heterocycles. The molecule has 0 fully saturated rings. The largest absolute Gasteiger partial charge is 0.491 e. The molecule has 1 amide bonds. The van der Waals surface area contributed by atoms with Gasteiger partial charge in [-0.15, -0.1) is 0 Å². The molecule has 1 aliphatic heterocycles. The van der Waals surface area contributed by atoms with E-state index in [1.807, 2.05) is 45.0 Å². The molecule has 1 atom stereocenters. The molecule has 3 aromatic rings. The van der Waals surface area contributed by atoms with Crippen molar-refractivity contribution < 1.29 is 14.3 Å². The molecule has 0 aliphatic carbocycles. The van der Waals surface area contributed by atoms with E-state index in [1.54, 1.807) is 29.1 Å². The number of anilines is 1. The van der Waals surface area contributed by atoms with Crippen molar-refractivity contribution in [1.82, 2.24) is 9.55 Å². The Balaban J connectivity index is 1.50. The van der Waals surface area contributed by atoms with Gasteiger partial charge in [-0.05, 0) is 69.2 Å². The van der Waals surface area contributed by atoms with Crippen molar-refractivity contribution in [2.45, 2.75) is 45.3 Å². The second kappa shape index (κ2) is 7.48. The number of aromatic nitrogens is 2. The van der Waals surface area contributed by atoms with Crippen LogP contribution in [0.3, 0.4) is 0 Å². The van der Waals surface area contributed by atoms with Crippen LogP contribution in [-0.4, -0.2) is 27.3 Å². The Morgan fingerprint density at radius 2 is 2.03 bits per heavy atom. The van der Waals surface area contributed by atoms with Gasteiger partial charge in [0.05, 0.1) is 16.7 Å². The number of carbonyl (C=O) groups excluding carboxylic acids is 2. The van der Waals surface area contributed by atoms with Gasteiger partial charge in [-0.25, -0.2) is 4.98 Å². The maximum Gasteiger partial charge on any atom is 0.252 e. The summed E-state index contributed by atoms with van der Waals surface area (Å²) in [5.41, 5.74) is 0.785. The van der Waals surface area contributed by atoms with E-state index < -0.39 is 5.54 Å². The van der Waals surface area contributed by atoms with Gasteiger partial charge in [0.25, 0.3) is 5.91 Å². The Morgan fingerprint density at radius 3 is 2.76 bits per heavy atom. The van der Waals surface area contributed by atoms with Crippen LogP contribution in [0.15, 0.2) is 48.8 Å². The first-order chi connectivity index (χ1) is 13.9. The number of benzene rings is 1. The minimum Gasteiger partial charge on any atom is -0.491 e. The molecule has 0 saturated carbocycles. The zero-order valence-corrected chi connectivity index (χ0v) is 17.5. The van der Waals surface area contributed by atoms with Gasteiger partial charge in [-0.1, -0.05) is 11.3 Å². The Hall–Kier alpha value is -2.93. The highest BCUT2D eigenvalue weighted by Crippen LogP contribution is 2.34. The van der Waals surface area contributed by atoms with E-state index >= 15 is 0 Å². The summed E-state index contributed by atoms with van der Waals surface area (Å²) in [6.07, 6.45) is 4.51. The number of nitrogens with zero attached hydrogens (tertiary/aromatic N) is 2. The molecule has 1 unspecified atom stereocenters. The molecule has 1 aromatic carbocycles. The second-order valence-electron chi connectivity index (χ2n) is 7.64. The van der Waals surface area contributed by atoms with Crippen molar-refractivity contribution in [3.8, 4) is 16.2 Å². The highest BCUT2D eigenvalue weighted by molar-refractivity contribution is 7.19. The third-order valence-corrected chi connectivity index (χ3v) is 6.09. The monoisotopic (exact) mass is 409 g/mol. The number of hydrogen-bond acceptors (Lipinski definition) is 5. The van der Waals surface area contributed by atoms with Gasteiger partial charge in [0, 0.05) is 18.8 Å². The molecule has 0 spiro atoms. The number of fused-ring (bicyclic) bond motifs is 1. The minimum atomic E-state index is -0.811. The predicted molar refractivity (Wildman–Crippen MR) is 114 cm³/mol. The van der Waals surface area contributed by atoms with Gasteiger partial charge >= 0.3 is 0 Å². The number of Topliss-reactive ketones (excluding diaryl/α,β-unsaturated/α-hetero) is 1. The van der Waals surface area contributed by atoms with E-state index in [1.165, 1.54) is 11.3 Å². The lowest BCUT2D eigenvalue weighted by Gasteiger charge is -2.34. The Labute approximate surface area is 173 Å². The third-order valence-electron chi connectivity index (χ3n) is 5.13. The van der Waals surface area contributed by atoms with E-state index in [9.17, 15) is 9.59 Å². The maximum absolute atomic E-state index is 13.1. The summed E-state index contributed by atoms with van der Waals surface area (Å²) < 4.78 is 7.45. The van der Waals surface area contributed by atoms with Gasteiger partial charge in [-0.2, -0.15) is 0 Å². The predicted octanol–water partition coefficient (Wildman–Crippen LogP) is 4.73. The highest BCUT2D eigenvalue weighted by Gasteiger charge is 2.41. The fraction of sp³-hybridized carbons (Fsp3) is 0.318. The average Bonchev–Trinajstić information content (AvgIpc) is 3.35. The van der Waals surface area contributed by atoms with Gasteiger partial charge in [0.1, 0.15) is 11.3 Å². The number of ether oxygens (including phenoxy) is 1. The second-order valence-corrected chi connectivity index (χ2v) is 8.67. The maximum atomic E-state index is 13.1. The molecule has 2 aromatic heterocycles. The molecular weight excluding hydrogens is 386 g/mol. The van der Waals surface area contributed by atoms with Crippen molar-refractivity contribution in [1.29, 1.82) is 0 Å². The lowest BCUT2D eigenvalue weighted by Crippen LogP contribution is -2.46. The molecule has 3 heterocycles. The normalized spacial score (nSPS) is 18.6. The van der Waals surface area contributed by atoms with Crippen LogP contribution in [0.25, 0.3) is 10.4 Å². The van der Waals surface area contributed by atoms with E-state index in [0.29, 0.717) is 23.7 Å². The summed E-state index contributed by atoms with van der Waals surface area (Å²) in [6.45, 7) is 5.84. The zero-order valence-electron chi connectivity index (χ0n) is 16.6. The number of nitrogens with one attached hydrogen (secondary N) is 1.